The highest BCUT2D eigenvalue weighted by Crippen LogP contribution is 2.36. The van der Waals surface area contributed by atoms with Gasteiger partial charge in [0.05, 0.1) is 0 Å². The molecule has 0 spiro atoms. The molecule has 0 aromatic heterocycles. The van der Waals surface area contributed by atoms with Crippen LogP contribution < -0.4 is 0 Å². The van der Waals surface area contributed by atoms with Crippen LogP contribution in [0, 0.1) is 0 Å². The van der Waals surface area contributed by atoms with Crippen LogP contribution in [0.2, 0.25) is 0 Å². The summed E-state index contributed by atoms with van der Waals surface area (Å²) in [6.45, 7) is 3.44. The zero-order chi connectivity index (χ0) is 19.5. The van der Waals surface area contributed by atoms with Gasteiger partial charge >= 0.3 is 0 Å². The molecule has 150 valence electrons. The summed E-state index contributed by atoms with van der Waals surface area (Å²) < 4.78 is 0. The first kappa shape index (κ1) is 19.9. The second kappa shape index (κ2) is 9.38. The van der Waals surface area contributed by atoms with Crippen LogP contribution in [-0.2, 0) is 6.54 Å². The lowest BCUT2D eigenvalue weighted by molar-refractivity contribution is 0.302. The molecule has 5 rings (SSSR count). The molecular formula is C25H27NS3. The average Bonchev–Trinajstić information content (AvgIpc) is 2.75. The lowest BCUT2D eigenvalue weighted by atomic mass is 9.92. The third kappa shape index (κ3) is 4.36. The molecule has 1 saturated heterocycles. The number of hydrogen-bond donors (Lipinski definition) is 0. The van der Waals surface area contributed by atoms with Gasteiger partial charge in [0, 0.05) is 54.2 Å². The number of benzene rings is 4. The maximum Gasteiger partial charge on any atom is 0.0240 e. The molecule has 1 heterocycles. The van der Waals surface area contributed by atoms with Gasteiger partial charge in [-0.05, 0) is 37.9 Å². The van der Waals surface area contributed by atoms with Crippen LogP contribution in [0.1, 0.15) is 5.56 Å². The van der Waals surface area contributed by atoms with E-state index < -0.39 is 0 Å². The highest BCUT2D eigenvalue weighted by molar-refractivity contribution is 8.04. The number of thioether (sulfide) groups is 3. The van der Waals surface area contributed by atoms with Crippen LogP contribution in [0.4, 0.5) is 0 Å². The average molecular weight is 438 g/mol. The van der Waals surface area contributed by atoms with Crippen molar-refractivity contribution in [2.24, 2.45) is 0 Å². The summed E-state index contributed by atoms with van der Waals surface area (Å²) in [7, 11) is 0. The molecule has 0 saturated carbocycles. The Hall–Kier alpha value is -1.07. The Labute approximate surface area is 186 Å². The third-order valence-electron chi connectivity index (χ3n) is 5.86. The van der Waals surface area contributed by atoms with E-state index in [0.717, 1.165) is 6.54 Å². The summed E-state index contributed by atoms with van der Waals surface area (Å²) in [6.07, 6.45) is 0. The molecule has 0 amide bonds. The van der Waals surface area contributed by atoms with Crippen molar-refractivity contribution < 1.29 is 0 Å². The van der Waals surface area contributed by atoms with E-state index in [9.17, 15) is 0 Å². The molecule has 0 N–H and O–H groups in total. The minimum Gasteiger partial charge on any atom is -0.297 e. The van der Waals surface area contributed by atoms with E-state index in [0.29, 0.717) is 0 Å². The Bertz CT molecular complexity index is 1070. The van der Waals surface area contributed by atoms with Gasteiger partial charge in [-0.25, -0.2) is 0 Å². The summed E-state index contributed by atoms with van der Waals surface area (Å²) >= 11 is 6.37. The third-order valence-corrected chi connectivity index (χ3v) is 9.29. The Morgan fingerprint density at radius 3 is 1.83 bits per heavy atom. The predicted molar refractivity (Wildman–Crippen MR) is 137 cm³/mol. The van der Waals surface area contributed by atoms with Crippen molar-refractivity contribution in [3.63, 3.8) is 0 Å². The van der Waals surface area contributed by atoms with Gasteiger partial charge in [-0.1, -0.05) is 54.6 Å². The fraction of sp³-hybridized carbons (Fsp3) is 0.360. The van der Waals surface area contributed by atoms with Crippen LogP contribution >= 0.6 is 35.3 Å². The molecular weight excluding hydrogens is 410 g/mol. The van der Waals surface area contributed by atoms with Gasteiger partial charge in [0.25, 0.3) is 0 Å². The van der Waals surface area contributed by atoms with E-state index in [1.165, 1.54) is 85.5 Å². The van der Waals surface area contributed by atoms with Gasteiger partial charge < -0.3 is 0 Å². The summed E-state index contributed by atoms with van der Waals surface area (Å²) in [6, 6.07) is 20.6. The Morgan fingerprint density at radius 1 is 0.586 bits per heavy atom. The smallest absolute Gasteiger partial charge is 0.0240 e. The van der Waals surface area contributed by atoms with E-state index in [4.69, 9.17) is 0 Å². The highest BCUT2D eigenvalue weighted by Gasteiger charge is 2.13. The first-order chi connectivity index (χ1) is 14.4. The predicted octanol–water partition coefficient (Wildman–Crippen LogP) is 6.60. The molecule has 29 heavy (non-hydrogen) atoms. The Morgan fingerprint density at radius 2 is 1.14 bits per heavy atom. The normalized spacial score (nSPS) is 18.2. The summed E-state index contributed by atoms with van der Waals surface area (Å²) in [4.78, 5) is 2.68. The molecule has 1 fully saturated rings. The molecule has 0 radical (unpaired) electrons. The van der Waals surface area contributed by atoms with Crippen molar-refractivity contribution in [1.82, 2.24) is 4.90 Å². The highest BCUT2D eigenvalue weighted by atomic mass is 32.2. The summed E-state index contributed by atoms with van der Waals surface area (Å²) in [5, 5.41) is 8.40. The Balaban J connectivity index is 1.47. The summed E-state index contributed by atoms with van der Waals surface area (Å²) in [5.41, 5.74) is 1.48. The molecule has 0 atom stereocenters. The van der Waals surface area contributed by atoms with Crippen LogP contribution in [0.15, 0.2) is 54.6 Å². The van der Waals surface area contributed by atoms with Crippen molar-refractivity contribution in [3.05, 3.63) is 60.2 Å². The minimum absolute atomic E-state index is 1.06. The second-order valence-electron chi connectivity index (χ2n) is 7.69. The number of nitrogens with zero attached hydrogens (tertiary/aromatic N) is 1. The van der Waals surface area contributed by atoms with E-state index in [1.807, 2.05) is 0 Å². The van der Waals surface area contributed by atoms with Crippen molar-refractivity contribution in [1.29, 1.82) is 0 Å². The zero-order valence-electron chi connectivity index (χ0n) is 16.7. The van der Waals surface area contributed by atoms with E-state index >= 15 is 0 Å². The standard InChI is InChI=1S/C25H27NS3/c1-2-19-4-5-21-6-7-22(23-9-8-20(3-1)24(19)25(21)23)18-26-10-12-27-14-16-29-17-15-28-13-11-26/h1-9H,10-18H2. The first-order valence-electron chi connectivity index (χ1n) is 10.5. The van der Waals surface area contributed by atoms with Crippen LogP contribution in [0.5, 0.6) is 0 Å². The van der Waals surface area contributed by atoms with Crippen LogP contribution in [-0.4, -0.2) is 52.5 Å². The molecule has 1 aliphatic rings. The molecule has 4 aromatic carbocycles. The monoisotopic (exact) mass is 437 g/mol. The SMILES string of the molecule is c1cc2ccc3ccc(CN4CCSCCSCCSCC4)c4ccc(c1)c2c34. The van der Waals surface area contributed by atoms with Gasteiger partial charge in [0.2, 0.25) is 0 Å². The zero-order valence-corrected chi connectivity index (χ0v) is 19.2. The van der Waals surface area contributed by atoms with Gasteiger partial charge in [0.15, 0.2) is 0 Å². The quantitative estimate of drug-likeness (QED) is 0.325. The lowest BCUT2D eigenvalue weighted by Crippen LogP contribution is -2.28. The largest absolute Gasteiger partial charge is 0.297 e. The van der Waals surface area contributed by atoms with Crippen molar-refractivity contribution in [2.75, 3.05) is 47.6 Å². The summed E-state index contributed by atoms with van der Waals surface area (Å²) in [5.74, 6) is 7.69. The number of rotatable bonds is 2. The fourth-order valence-corrected chi connectivity index (χ4v) is 7.65. The molecule has 0 bridgehead atoms. The minimum atomic E-state index is 1.06. The molecule has 0 aliphatic carbocycles. The van der Waals surface area contributed by atoms with Crippen molar-refractivity contribution in [2.45, 2.75) is 6.54 Å². The van der Waals surface area contributed by atoms with Crippen molar-refractivity contribution >= 4 is 67.6 Å². The maximum absolute atomic E-state index is 2.68. The molecule has 1 aliphatic heterocycles. The van der Waals surface area contributed by atoms with Gasteiger partial charge in [-0.3, -0.25) is 4.90 Å². The van der Waals surface area contributed by atoms with Crippen LogP contribution in [0.3, 0.4) is 0 Å². The molecule has 4 aromatic rings. The second-order valence-corrected chi connectivity index (χ2v) is 11.4. The number of hydrogen-bond acceptors (Lipinski definition) is 4. The van der Waals surface area contributed by atoms with E-state index in [-0.39, 0.29) is 0 Å². The maximum atomic E-state index is 2.68. The van der Waals surface area contributed by atoms with Gasteiger partial charge in [0.1, 0.15) is 0 Å². The van der Waals surface area contributed by atoms with Crippen LogP contribution in [0.25, 0.3) is 32.3 Å². The van der Waals surface area contributed by atoms with Crippen molar-refractivity contribution in [3.8, 4) is 0 Å². The Kier molecular flexibility index (Phi) is 6.43. The van der Waals surface area contributed by atoms with Gasteiger partial charge in [-0.2, -0.15) is 35.3 Å². The first-order valence-corrected chi connectivity index (χ1v) is 14.0. The molecule has 0 unspecified atom stereocenters. The topological polar surface area (TPSA) is 3.24 Å². The van der Waals surface area contributed by atoms with E-state index in [2.05, 4.69) is 94.8 Å². The fourth-order valence-electron chi connectivity index (χ4n) is 4.37. The molecule has 1 nitrogen and oxygen atoms in total. The molecule has 4 heteroatoms. The lowest BCUT2D eigenvalue weighted by Gasteiger charge is -2.24. The van der Waals surface area contributed by atoms with Gasteiger partial charge in [-0.15, -0.1) is 0 Å². The van der Waals surface area contributed by atoms with E-state index in [1.54, 1.807) is 0 Å².